The molecule has 0 N–H and O–H groups in total. The number of hydrogen-bond donors (Lipinski definition) is 0. The van der Waals surface area contributed by atoms with Crippen molar-refractivity contribution in [3.8, 4) is 12.3 Å². The minimum Gasteiger partial charge on any atom is -0.331 e. The Morgan fingerprint density at radius 1 is 1.40 bits per heavy atom. The maximum absolute atomic E-state index is 12.0. The number of hydrogen-bond acceptors (Lipinski definition) is 2. The molecular weight excluding hydrogens is 192 g/mol. The Balaban J connectivity index is 2.19. The van der Waals surface area contributed by atoms with E-state index >= 15 is 0 Å². The van der Waals surface area contributed by atoms with Gasteiger partial charge in [0.1, 0.15) is 6.04 Å². The van der Waals surface area contributed by atoms with Crippen molar-refractivity contribution >= 4 is 11.8 Å². The van der Waals surface area contributed by atoms with Crippen LogP contribution < -0.4 is 0 Å². The van der Waals surface area contributed by atoms with E-state index in [0.29, 0.717) is 19.5 Å². The van der Waals surface area contributed by atoms with Crippen molar-refractivity contribution in [3.63, 3.8) is 0 Å². The SMILES string of the molecule is C#CCN1CCC(=O)N2CCCC2C1=O. The average molecular weight is 206 g/mol. The van der Waals surface area contributed by atoms with E-state index in [4.69, 9.17) is 6.42 Å². The van der Waals surface area contributed by atoms with Crippen molar-refractivity contribution in [1.29, 1.82) is 0 Å². The lowest BCUT2D eigenvalue weighted by atomic mass is 10.2. The maximum atomic E-state index is 12.0. The molecule has 0 aromatic carbocycles. The van der Waals surface area contributed by atoms with Crippen LogP contribution in [0.3, 0.4) is 0 Å². The fourth-order valence-electron chi connectivity index (χ4n) is 2.28. The van der Waals surface area contributed by atoms with Crippen LogP contribution in [0.1, 0.15) is 19.3 Å². The zero-order valence-corrected chi connectivity index (χ0v) is 8.61. The van der Waals surface area contributed by atoms with Gasteiger partial charge in [-0.15, -0.1) is 6.42 Å². The zero-order valence-electron chi connectivity index (χ0n) is 8.61. The molecule has 0 spiro atoms. The van der Waals surface area contributed by atoms with E-state index in [9.17, 15) is 9.59 Å². The highest BCUT2D eigenvalue weighted by molar-refractivity contribution is 5.90. The first-order valence-corrected chi connectivity index (χ1v) is 5.26. The normalized spacial score (nSPS) is 26.2. The molecular formula is C11H14N2O2. The predicted octanol–water partition coefficient (Wildman–Crippen LogP) is -0.157. The van der Waals surface area contributed by atoms with Gasteiger partial charge in [-0.25, -0.2) is 0 Å². The lowest BCUT2D eigenvalue weighted by molar-refractivity contribution is -0.139. The average Bonchev–Trinajstić information content (AvgIpc) is 2.67. The standard InChI is InChI=1S/C11H14N2O2/c1-2-6-12-8-5-10(14)13-7-3-4-9(13)11(12)15/h1,9H,3-8H2. The number of carbonyl (C=O) groups is 2. The molecule has 0 radical (unpaired) electrons. The summed E-state index contributed by atoms with van der Waals surface area (Å²) in [4.78, 5) is 27.0. The molecule has 2 heterocycles. The van der Waals surface area contributed by atoms with Gasteiger partial charge in [-0.1, -0.05) is 5.92 Å². The molecule has 4 heteroatoms. The third-order valence-electron chi connectivity index (χ3n) is 3.05. The maximum Gasteiger partial charge on any atom is 0.246 e. The third-order valence-corrected chi connectivity index (χ3v) is 3.05. The van der Waals surface area contributed by atoms with Crippen molar-refractivity contribution in [2.75, 3.05) is 19.6 Å². The van der Waals surface area contributed by atoms with Crippen molar-refractivity contribution in [2.24, 2.45) is 0 Å². The molecule has 0 aliphatic carbocycles. The summed E-state index contributed by atoms with van der Waals surface area (Å²) in [6.45, 7) is 1.50. The fraction of sp³-hybridized carbons (Fsp3) is 0.636. The second-order valence-corrected chi connectivity index (χ2v) is 3.96. The highest BCUT2D eigenvalue weighted by Gasteiger charge is 2.38. The lowest BCUT2D eigenvalue weighted by Crippen LogP contribution is -2.43. The summed E-state index contributed by atoms with van der Waals surface area (Å²) in [5.74, 6) is 2.58. The molecule has 15 heavy (non-hydrogen) atoms. The van der Waals surface area contributed by atoms with Crippen LogP contribution in [0.2, 0.25) is 0 Å². The summed E-state index contributed by atoms with van der Waals surface area (Å²) in [6.07, 6.45) is 7.31. The highest BCUT2D eigenvalue weighted by Crippen LogP contribution is 2.22. The largest absolute Gasteiger partial charge is 0.331 e. The summed E-state index contributed by atoms with van der Waals surface area (Å²) in [7, 11) is 0. The minimum atomic E-state index is -0.242. The van der Waals surface area contributed by atoms with E-state index in [2.05, 4.69) is 5.92 Å². The Morgan fingerprint density at radius 2 is 2.20 bits per heavy atom. The van der Waals surface area contributed by atoms with Gasteiger partial charge in [-0.3, -0.25) is 9.59 Å². The van der Waals surface area contributed by atoms with E-state index in [1.807, 2.05) is 0 Å². The first-order valence-electron chi connectivity index (χ1n) is 5.26. The van der Waals surface area contributed by atoms with Gasteiger partial charge in [0.2, 0.25) is 11.8 Å². The summed E-state index contributed by atoms with van der Waals surface area (Å²) in [5.41, 5.74) is 0. The number of terminal acetylenes is 1. The lowest BCUT2D eigenvalue weighted by Gasteiger charge is -2.23. The van der Waals surface area contributed by atoms with Gasteiger partial charge in [-0.2, -0.15) is 0 Å². The van der Waals surface area contributed by atoms with Gasteiger partial charge in [0.25, 0.3) is 0 Å². The van der Waals surface area contributed by atoms with Crippen LogP contribution in [0.15, 0.2) is 0 Å². The Kier molecular flexibility index (Phi) is 2.63. The number of rotatable bonds is 1. The second kappa shape index (κ2) is 3.93. The van der Waals surface area contributed by atoms with Crippen molar-refractivity contribution in [3.05, 3.63) is 0 Å². The Hall–Kier alpha value is -1.50. The summed E-state index contributed by atoms with van der Waals surface area (Å²) in [6, 6.07) is -0.242. The molecule has 0 aromatic heterocycles. The monoisotopic (exact) mass is 206 g/mol. The Bertz CT molecular complexity index is 332. The molecule has 2 amide bonds. The summed E-state index contributed by atoms with van der Waals surface area (Å²) >= 11 is 0. The highest BCUT2D eigenvalue weighted by atomic mass is 16.2. The molecule has 2 aliphatic rings. The van der Waals surface area contributed by atoms with Gasteiger partial charge in [0.15, 0.2) is 0 Å². The molecule has 2 saturated heterocycles. The van der Waals surface area contributed by atoms with Crippen molar-refractivity contribution in [2.45, 2.75) is 25.3 Å². The summed E-state index contributed by atoms with van der Waals surface area (Å²) in [5, 5.41) is 0. The van der Waals surface area contributed by atoms with E-state index in [1.165, 1.54) is 0 Å². The third kappa shape index (κ3) is 1.70. The summed E-state index contributed by atoms with van der Waals surface area (Å²) < 4.78 is 0. The van der Waals surface area contributed by atoms with E-state index in [0.717, 1.165) is 19.4 Å². The number of fused-ring (bicyclic) bond motifs is 1. The predicted molar refractivity (Wildman–Crippen MR) is 54.8 cm³/mol. The number of carbonyl (C=O) groups excluding carboxylic acids is 2. The van der Waals surface area contributed by atoms with Gasteiger partial charge in [-0.05, 0) is 12.8 Å². The van der Waals surface area contributed by atoms with Crippen LogP contribution in [0, 0.1) is 12.3 Å². The quantitative estimate of drug-likeness (QED) is 0.559. The first kappa shape index (κ1) is 10.0. The molecule has 0 aromatic rings. The van der Waals surface area contributed by atoms with Crippen LogP contribution in [-0.2, 0) is 9.59 Å². The van der Waals surface area contributed by atoms with Crippen LogP contribution in [0.4, 0.5) is 0 Å². The van der Waals surface area contributed by atoms with Crippen LogP contribution in [0.25, 0.3) is 0 Å². The number of amides is 2. The van der Waals surface area contributed by atoms with Gasteiger partial charge in [0.05, 0.1) is 6.54 Å². The minimum absolute atomic E-state index is 0.0244. The van der Waals surface area contributed by atoms with E-state index in [-0.39, 0.29) is 17.9 Å². The number of nitrogens with zero attached hydrogens (tertiary/aromatic N) is 2. The first-order chi connectivity index (χ1) is 7.24. The Labute approximate surface area is 89.2 Å². The van der Waals surface area contributed by atoms with Crippen LogP contribution in [0.5, 0.6) is 0 Å². The molecule has 4 nitrogen and oxygen atoms in total. The van der Waals surface area contributed by atoms with Crippen molar-refractivity contribution < 1.29 is 9.59 Å². The van der Waals surface area contributed by atoms with Gasteiger partial charge in [0, 0.05) is 19.5 Å². The molecule has 1 atom stereocenters. The molecule has 0 saturated carbocycles. The van der Waals surface area contributed by atoms with Crippen LogP contribution >= 0.6 is 0 Å². The molecule has 80 valence electrons. The molecule has 2 aliphatic heterocycles. The second-order valence-electron chi connectivity index (χ2n) is 3.96. The fourth-order valence-corrected chi connectivity index (χ4v) is 2.28. The smallest absolute Gasteiger partial charge is 0.246 e. The van der Waals surface area contributed by atoms with Crippen molar-refractivity contribution in [1.82, 2.24) is 9.80 Å². The molecule has 2 rings (SSSR count). The van der Waals surface area contributed by atoms with Crippen LogP contribution in [-0.4, -0.2) is 47.3 Å². The van der Waals surface area contributed by atoms with Gasteiger partial charge < -0.3 is 9.80 Å². The zero-order chi connectivity index (χ0) is 10.8. The molecule has 1 unspecified atom stereocenters. The Morgan fingerprint density at radius 3 is 2.93 bits per heavy atom. The van der Waals surface area contributed by atoms with Gasteiger partial charge >= 0.3 is 0 Å². The molecule has 0 bridgehead atoms. The topological polar surface area (TPSA) is 40.6 Å². The molecule has 2 fully saturated rings. The van der Waals surface area contributed by atoms with E-state index in [1.54, 1.807) is 9.80 Å². The van der Waals surface area contributed by atoms with E-state index < -0.39 is 0 Å².